The SMILES string of the molecule is C.Cn1cc(-c2cn(-c3ccc(OC(F)(F)F)cc3)c(=O)c3c2ccn3C)cn1. The van der Waals surface area contributed by atoms with E-state index in [9.17, 15) is 18.0 Å². The van der Waals surface area contributed by atoms with Crippen LogP contribution in [0.2, 0.25) is 0 Å². The third kappa shape index (κ3) is 3.75. The van der Waals surface area contributed by atoms with Crippen molar-refractivity contribution in [3.05, 3.63) is 65.5 Å². The summed E-state index contributed by atoms with van der Waals surface area (Å²) in [5.74, 6) is -0.350. The third-order valence-corrected chi connectivity index (χ3v) is 4.41. The monoisotopic (exact) mass is 404 g/mol. The Morgan fingerprint density at radius 2 is 1.72 bits per heavy atom. The molecule has 0 saturated carbocycles. The number of alkyl halides is 3. The number of hydrogen-bond acceptors (Lipinski definition) is 3. The molecule has 0 fully saturated rings. The lowest BCUT2D eigenvalue weighted by Crippen LogP contribution is -2.20. The van der Waals surface area contributed by atoms with Crippen LogP contribution in [0.15, 0.2) is 59.9 Å². The molecule has 0 radical (unpaired) electrons. The lowest BCUT2D eigenvalue weighted by molar-refractivity contribution is -0.274. The summed E-state index contributed by atoms with van der Waals surface area (Å²) in [6.07, 6.45) is 2.21. The van der Waals surface area contributed by atoms with Gasteiger partial charge < -0.3 is 9.30 Å². The van der Waals surface area contributed by atoms with E-state index in [0.29, 0.717) is 11.2 Å². The van der Waals surface area contributed by atoms with E-state index in [1.54, 1.807) is 41.9 Å². The fraction of sp³-hybridized carbons (Fsp3) is 0.200. The molecule has 3 heterocycles. The molecule has 152 valence electrons. The number of halogens is 3. The molecule has 3 aromatic heterocycles. The van der Waals surface area contributed by atoms with Crippen molar-refractivity contribution >= 4 is 10.9 Å². The van der Waals surface area contributed by atoms with Gasteiger partial charge in [-0.3, -0.25) is 14.0 Å². The summed E-state index contributed by atoms with van der Waals surface area (Å²) in [6, 6.07) is 7.01. The Balaban J connectivity index is 0.00000240. The van der Waals surface area contributed by atoms with Crippen molar-refractivity contribution in [3.8, 4) is 22.6 Å². The minimum Gasteiger partial charge on any atom is -0.406 e. The molecule has 4 aromatic rings. The number of rotatable bonds is 3. The van der Waals surface area contributed by atoms with Gasteiger partial charge in [0.15, 0.2) is 0 Å². The van der Waals surface area contributed by atoms with Crippen LogP contribution in [0.25, 0.3) is 27.7 Å². The van der Waals surface area contributed by atoms with Gasteiger partial charge in [0, 0.05) is 54.9 Å². The largest absolute Gasteiger partial charge is 0.573 e. The number of pyridine rings is 1. The molecule has 0 atom stereocenters. The first kappa shape index (κ1) is 20.2. The summed E-state index contributed by atoms with van der Waals surface area (Å²) in [7, 11) is 3.56. The molecule has 9 heteroatoms. The summed E-state index contributed by atoms with van der Waals surface area (Å²) >= 11 is 0. The zero-order valence-electron chi connectivity index (χ0n) is 14.9. The number of benzene rings is 1. The number of nitrogens with zero attached hydrogens (tertiary/aromatic N) is 4. The molecule has 0 aliphatic rings. The minimum absolute atomic E-state index is 0. The minimum atomic E-state index is -4.77. The Morgan fingerprint density at radius 3 is 2.31 bits per heavy atom. The molecular formula is C20H19F3N4O2. The predicted octanol–water partition coefficient (Wildman–Crippen LogP) is 4.26. The van der Waals surface area contributed by atoms with E-state index in [2.05, 4.69) is 9.84 Å². The molecule has 0 aliphatic heterocycles. The zero-order valence-corrected chi connectivity index (χ0v) is 14.9. The van der Waals surface area contributed by atoms with Gasteiger partial charge in [-0.05, 0) is 30.3 Å². The van der Waals surface area contributed by atoms with E-state index in [1.807, 2.05) is 12.3 Å². The molecular weight excluding hydrogens is 385 g/mol. The zero-order chi connectivity index (χ0) is 20.1. The fourth-order valence-corrected chi connectivity index (χ4v) is 3.18. The van der Waals surface area contributed by atoms with Crippen molar-refractivity contribution in [2.75, 3.05) is 0 Å². The molecule has 0 saturated heterocycles. The van der Waals surface area contributed by atoms with Crippen LogP contribution in [-0.2, 0) is 14.1 Å². The van der Waals surface area contributed by atoms with Gasteiger partial charge in [0.1, 0.15) is 11.3 Å². The topological polar surface area (TPSA) is 54.0 Å². The highest BCUT2D eigenvalue weighted by Gasteiger charge is 2.31. The van der Waals surface area contributed by atoms with Gasteiger partial charge in [0.05, 0.1) is 6.20 Å². The summed E-state index contributed by atoms with van der Waals surface area (Å²) < 4.78 is 45.8. The van der Waals surface area contributed by atoms with Crippen molar-refractivity contribution in [2.24, 2.45) is 14.1 Å². The molecule has 6 nitrogen and oxygen atoms in total. The molecule has 29 heavy (non-hydrogen) atoms. The molecule has 0 aliphatic carbocycles. The van der Waals surface area contributed by atoms with Crippen LogP contribution in [-0.4, -0.2) is 25.3 Å². The maximum Gasteiger partial charge on any atom is 0.573 e. The van der Waals surface area contributed by atoms with E-state index in [0.717, 1.165) is 16.5 Å². The Kier molecular flexibility index (Phi) is 5.00. The van der Waals surface area contributed by atoms with Gasteiger partial charge in [-0.2, -0.15) is 5.10 Å². The first-order valence-corrected chi connectivity index (χ1v) is 8.29. The highest BCUT2D eigenvalue weighted by atomic mass is 19.4. The number of fused-ring (bicyclic) bond motifs is 1. The predicted molar refractivity (Wildman–Crippen MR) is 104 cm³/mol. The van der Waals surface area contributed by atoms with Gasteiger partial charge in [0.2, 0.25) is 0 Å². The second-order valence-corrected chi connectivity index (χ2v) is 6.35. The number of hydrogen-bond donors (Lipinski definition) is 0. The van der Waals surface area contributed by atoms with Crippen molar-refractivity contribution in [2.45, 2.75) is 13.8 Å². The molecule has 0 N–H and O–H groups in total. The summed E-state index contributed by atoms with van der Waals surface area (Å²) in [4.78, 5) is 13.0. The second kappa shape index (κ2) is 7.16. The average Bonchev–Trinajstić information content (AvgIpc) is 3.22. The quantitative estimate of drug-likeness (QED) is 0.513. The van der Waals surface area contributed by atoms with Crippen molar-refractivity contribution < 1.29 is 17.9 Å². The Bertz CT molecular complexity index is 1220. The summed E-state index contributed by atoms with van der Waals surface area (Å²) in [6.45, 7) is 0. The third-order valence-electron chi connectivity index (χ3n) is 4.41. The lowest BCUT2D eigenvalue weighted by atomic mass is 10.1. The van der Waals surface area contributed by atoms with E-state index >= 15 is 0 Å². The van der Waals surface area contributed by atoms with Crippen LogP contribution in [0.4, 0.5) is 13.2 Å². The van der Waals surface area contributed by atoms with E-state index in [4.69, 9.17) is 0 Å². The second-order valence-electron chi connectivity index (χ2n) is 6.35. The maximum atomic E-state index is 13.0. The highest BCUT2D eigenvalue weighted by molar-refractivity contribution is 5.94. The molecule has 4 rings (SSSR count). The molecule has 0 spiro atoms. The van der Waals surface area contributed by atoms with Crippen LogP contribution in [0, 0.1) is 0 Å². The van der Waals surface area contributed by atoms with Crippen molar-refractivity contribution in [1.29, 1.82) is 0 Å². The fourth-order valence-electron chi connectivity index (χ4n) is 3.18. The van der Waals surface area contributed by atoms with Crippen LogP contribution in [0.3, 0.4) is 0 Å². The molecule has 0 bridgehead atoms. The Morgan fingerprint density at radius 1 is 1.03 bits per heavy atom. The van der Waals surface area contributed by atoms with Crippen LogP contribution in [0.5, 0.6) is 5.75 Å². The van der Waals surface area contributed by atoms with Gasteiger partial charge in [0.25, 0.3) is 5.56 Å². The molecule has 1 aromatic carbocycles. The lowest BCUT2D eigenvalue weighted by Gasteiger charge is -2.12. The number of aryl methyl sites for hydroxylation is 2. The van der Waals surface area contributed by atoms with Gasteiger partial charge >= 0.3 is 6.36 Å². The standard InChI is InChI=1S/C19H15F3N4O2.CH4/c1-24-8-7-15-16(12-9-23-25(2)10-12)11-26(18(27)17(15)24)13-3-5-14(6-4-13)28-19(20,21)22;/h3-11H,1-2H3;1H4. The molecule has 0 amide bonds. The van der Waals surface area contributed by atoms with Crippen LogP contribution < -0.4 is 10.3 Å². The smallest absolute Gasteiger partial charge is 0.406 e. The number of ether oxygens (including phenoxy) is 1. The maximum absolute atomic E-state index is 13.0. The van der Waals surface area contributed by atoms with Gasteiger partial charge in [-0.1, -0.05) is 7.43 Å². The summed E-state index contributed by atoms with van der Waals surface area (Å²) in [5.41, 5.74) is 2.24. The van der Waals surface area contributed by atoms with Gasteiger partial charge in [-0.25, -0.2) is 0 Å². The average molecular weight is 404 g/mol. The Hall–Kier alpha value is -3.49. The van der Waals surface area contributed by atoms with Crippen molar-refractivity contribution in [1.82, 2.24) is 18.9 Å². The first-order valence-electron chi connectivity index (χ1n) is 8.29. The summed E-state index contributed by atoms with van der Waals surface area (Å²) in [5, 5.41) is 4.95. The first-order chi connectivity index (χ1) is 13.2. The van der Waals surface area contributed by atoms with Crippen LogP contribution in [0.1, 0.15) is 7.43 Å². The highest BCUT2D eigenvalue weighted by Crippen LogP contribution is 2.29. The van der Waals surface area contributed by atoms with Gasteiger partial charge in [-0.15, -0.1) is 13.2 Å². The van der Waals surface area contributed by atoms with E-state index in [-0.39, 0.29) is 18.7 Å². The van der Waals surface area contributed by atoms with Crippen LogP contribution >= 0.6 is 0 Å². The Labute approximate surface area is 164 Å². The number of aromatic nitrogens is 4. The molecule has 0 unspecified atom stereocenters. The van der Waals surface area contributed by atoms with E-state index < -0.39 is 6.36 Å². The van der Waals surface area contributed by atoms with Crippen molar-refractivity contribution in [3.63, 3.8) is 0 Å². The normalized spacial score (nSPS) is 11.5. The van der Waals surface area contributed by atoms with E-state index in [1.165, 1.54) is 28.8 Å².